The lowest BCUT2D eigenvalue weighted by Crippen LogP contribution is -2.03. The van der Waals surface area contributed by atoms with Crippen molar-refractivity contribution in [2.75, 3.05) is 0 Å². The predicted octanol–water partition coefficient (Wildman–Crippen LogP) is 9.13. The van der Waals surface area contributed by atoms with Gasteiger partial charge >= 0.3 is 0 Å². The molecule has 0 radical (unpaired) electrons. The lowest BCUT2D eigenvalue weighted by atomic mass is 9.97. The molecule has 0 N–H and O–H groups in total. The van der Waals surface area contributed by atoms with Crippen molar-refractivity contribution in [3.8, 4) is 0 Å². The molecule has 3 heterocycles. The summed E-state index contributed by atoms with van der Waals surface area (Å²) in [5, 5.41) is 0. The standard InChI is InChI=1S/C12H19N.2C10H16N2.CH4/c1-7(2)12-10(5)8(3)9(4)11(6)13-12;1-6(2)10-9(5)11-7(3)8(4)12-10;1-6(2)10-7(3)8(4)11-9(5)12-10;/h7H,1-6H3;2*6H,1-5H3;1H4. The van der Waals surface area contributed by atoms with E-state index in [1.54, 1.807) is 0 Å². The second-order valence-corrected chi connectivity index (χ2v) is 11.2. The van der Waals surface area contributed by atoms with Crippen molar-refractivity contribution in [1.29, 1.82) is 0 Å². The minimum Gasteiger partial charge on any atom is -0.257 e. The maximum absolute atomic E-state index is 4.63. The number of hydrogen-bond acceptors (Lipinski definition) is 5. The molecule has 5 heteroatoms. The van der Waals surface area contributed by atoms with Crippen LogP contribution in [0.5, 0.6) is 0 Å². The summed E-state index contributed by atoms with van der Waals surface area (Å²) in [7, 11) is 0. The van der Waals surface area contributed by atoms with Crippen molar-refractivity contribution < 1.29 is 0 Å². The Morgan fingerprint density at radius 2 is 0.737 bits per heavy atom. The molecule has 3 rings (SSSR count). The Bertz CT molecular complexity index is 1210. The van der Waals surface area contributed by atoms with Gasteiger partial charge in [-0.15, -0.1) is 0 Å². The summed E-state index contributed by atoms with van der Waals surface area (Å²) in [5.41, 5.74) is 14.3. The molecule has 5 nitrogen and oxygen atoms in total. The monoisotopic (exact) mass is 521 g/mol. The Morgan fingerprint density at radius 1 is 0.342 bits per heavy atom. The van der Waals surface area contributed by atoms with Gasteiger partial charge in [0, 0.05) is 22.8 Å². The minimum atomic E-state index is 0. The summed E-state index contributed by atoms with van der Waals surface area (Å²) in [6.07, 6.45) is 0. The van der Waals surface area contributed by atoms with Crippen LogP contribution in [0.1, 0.15) is 140 Å². The van der Waals surface area contributed by atoms with E-state index < -0.39 is 0 Å². The number of aromatic nitrogens is 5. The summed E-state index contributed by atoms with van der Waals surface area (Å²) in [5.74, 6) is 2.36. The molecule has 0 saturated heterocycles. The zero-order chi connectivity index (χ0) is 28.8. The SMILES string of the molecule is C.Cc1nc(C(C)C)c(C)c(C)c1C.Cc1nc(C)c(C(C)C)nc1C.Cc1nc(C)c(C)c(C(C)C)n1. The molecule has 3 aromatic heterocycles. The van der Waals surface area contributed by atoms with Gasteiger partial charge in [-0.05, 0) is 109 Å². The Balaban J connectivity index is 0.000000534. The maximum Gasteiger partial charge on any atom is 0.125 e. The molecule has 212 valence electrons. The van der Waals surface area contributed by atoms with Crippen LogP contribution in [0.25, 0.3) is 0 Å². The van der Waals surface area contributed by atoms with Crippen LogP contribution in [-0.2, 0) is 0 Å². The zero-order valence-corrected chi connectivity index (χ0v) is 26.5. The number of hydrogen-bond donors (Lipinski definition) is 0. The molecule has 0 unspecified atom stereocenters. The van der Waals surface area contributed by atoms with Crippen molar-refractivity contribution >= 4 is 0 Å². The molecule has 0 spiro atoms. The van der Waals surface area contributed by atoms with Gasteiger partial charge in [0.1, 0.15) is 5.82 Å². The quantitative estimate of drug-likeness (QED) is 0.344. The molecular formula is C33H55N5. The van der Waals surface area contributed by atoms with Gasteiger partial charge < -0.3 is 0 Å². The smallest absolute Gasteiger partial charge is 0.125 e. The topological polar surface area (TPSA) is 64.5 Å². The Labute approximate surface area is 234 Å². The summed E-state index contributed by atoms with van der Waals surface area (Å²) >= 11 is 0. The minimum absolute atomic E-state index is 0. The first-order valence-corrected chi connectivity index (χ1v) is 13.6. The van der Waals surface area contributed by atoms with Gasteiger partial charge in [0.25, 0.3) is 0 Å². The van der Waals surface area contributed by atoms with Crippen LogP contribution in [0.2, 0.25) is 0 Å². The largest absolute Gasteiger partial charge is 0.257 e. The van der Waals surface area contributed by atoms with E-state index in [4.69, 9.17) is 0 Å². The van der Waals surface area contributed by atoms with E-state index in [-0.39, 0.29) is 7.43 Å². The highest BCUT2D eigenvalue weighted by molar-refractivity contribution is 5.38. The van der Waals surface area contributed by atoms with E-state index in [9.17, 15) is 0 Å². The van der Waals surface area contributed by atoms with E-state index in [1.165, 1.54) is 39.3 Å². The summed E-state index contributed by atoms with van der Waals surface area (Å²) in [6, 6.07) is 0. The molecule has 0 fully saturated rings. The van der Waals surface area contributed by atoms with Gasteiger partial charge in [0.15, 0.2) is 0 Å². The van der Waals surface area contributed by atoms with Crippen molar-refractivity contribution in [3.63, 3.8) is 0 Å². The van der Waals surface area contributed by atoms with Gasteiger partial charge in [0.05, 0.1) is 22.8 Å². The molecule has 0 aliphatic heterocycles. The normalized spacial score (nSPS) is 10.6. The van der Waals surface area contributed by atoms with Gasteiger partial charge in [-0.2, -0.15) is 0 Å². The van der Waals surface area contributed by atoms with Crippen LogP contribution in [0.3, 0.4) is 0 Å². The van der Waals surface area contributed by atoms with Crippen LogP contribution >= 0.6 is 0 Å². The Kier molecular flexibility index (Phi) is 14.0. The number of nitrogens with zero attached hydrogens (tertiary/aromatic N) is 5. The third kappa shape index (κ3) is 9.25. The van der Waals surface area contributed by atoms with Crippen molar-refractivity contribution in [2.24, 2.45) is 0 Å². The van der Waals surface area contributed by atoms with Crippen LogP contribution in [0, 0.1) is 69.2 Å². The Hall–Kier alpha value is -2.69. The number of aryl methyl sites for hydroxylation is 6. The lowest BCUT2D eigenvalue weighted by molar-refractivity contribution is 0.779. The Morgan fingerprint density at radius 3 is 1.21 bits per heavy atom. The first-order valence-electron chi connectivity index (χ1n) is 13.6. The second-order valence-electron chi connectivity index (χ2n) is 11.2. The van der Waals surface area contributed by atoms with Crippen LogP contribution in [-0.4, -0.2) is 24.9 Å². The molecule has 0 atom stereocenters. The fourth-order valence-corrected chi connectivity index (χ4v) is 4.29. The van der Waals surface area contributed by atoms with Crippen LogP contribution in [0.15, 0.2) is 0 Å². The van der Waals surface area contributed by atoms with Crippen LogP contribution < -0.4 is 0 Å². The third-order valence-electron chi connectivity index (χ3n) is 7.04. The van der Waals surface area contributed by atoms with Gasteiger partial charge in [-0.3, -0.25) is 15.0 Å². The van der Waals surface area contributed by atoms with Crippen LogP contribution in [0.4, 0.5) is 0 Å². The van der Waals surface area contributed by atoms with Gasteiger partial charge in [-0.25, -0.2) is 9.97 Å². The average molecular weight is 522 g/mol. The van der Waals surface area contributed by atoms with Gasteiger partial charge in [-0.1, -0.05) is 49.0 Å². The van der Waals surface area contributed by atoms with E-state index in [0.717, 1.165) is 34.3 Å². The number of rotatable bonds is 3. The van der Waals surface area contributed by atoms with Crippen molar-refractivity contribution in [2.45, 2.75) is 136 Å². The molecule has 0 saturated carbocycles. The maximum atomic E-state index is 4.63. The number of pyridine rings is 1. The molecular weight excluding hydrogens is 466 g/mol. The van der Waals surface area contributed by atoms with E-state index in [2.05, 4.69) is 101 Å². The third-order valence-corrected chi connectivity index (χ3v) is 7.04. The molecule has 0 amide bonds. The molecule has 0 aliphatic carbocycles. The van der Waals surface area contributed by atoms with E-state index >= 15 is 0 Å². The predicted molar refractivity (Wildman–Crippen MR) is 165 cm³/mol. The molecule has 3 aromatic rings. The average Bonchev–Trinajstić information content (AvgIpc) is 2.80. The fraction of sp³-hybridized carbons (Fsp3) is 0.606. The summed E-state index contributed by atoms with van der Waals surface area (Å²) < 4.78 is 0. The van der Waals surface area contributed by atoms with Crippen molar-refractivity contribution in [3.05, 3.63) is 73.6 Å². The first kappa shape index (κ1) is 35.3. The van der Waals surface area contributed by atoms with E-state index in [0.29, 0.717) is 17.8 Å². The highest BCUT2D eigenvalue weighted by atomic mass is 14.9. The zero-order valence-electron chi connectivity index (χ0n) is 26.5. The van der Waals surface area contributed by atoms with E-state index in [1.807, 2.05) is 34.6 Å². The first-order chi connectivity index (χ1) is 17.0. The molecule has 38 heavy (non-hydrogen) atoms. The summed E-state index contributed by atoms with van der Waals surface area (Å²) in [6.45, 7) is 33.7. The molecule has 0 bridgehead atoms. The second kappa shape index (κ2) is 15.0. The van der Waals surface area contributed by atoms with Crippen molar-refractivity contribution in [1.82, 2.24) is 24.9 Å². The highest BCUT2D eigenvalue weighted by Gasteiger charge is 2.11. The summed E-state index contributed by atoms with van der Waals surface area (Å²) in [4.78, 5) is 22.3. The molecule has 0 aliphatic rings. The fourth-order valence-electron chi connectivity index (χ4n) is 4.29. The highest BCUT2D eigenvalue weighted by Crippen LogP contribution is 2.23. The molecule has 0 aromatic carbocycles. The van der Waals surface area contributed by atoms with Gasteiger partial charge in [0.2, 0.25) is 0 Å². The lowest BCUT2D eigenvalue weighted by Gasteiger charge is -2.15.